The van der Waals surface area contributed by atoms with E-state index in [2.05, 4.69) is 10.3 Å². The Labute approximate surface area is 136 Å². The lowest BCUT2D eigenvalue weighted by molar-refractivity contribution is 0.0692. The number of carboxylic acids is 1. The fourth-order valence-corrected chi connectivity index (χ4v) is 2.55. The SMILES string of the molecule is O=C(O)c1cnccc1C(=O)Nc1ccc(Cl)c2ccccc12. The number of halogens is 1. The van der Waals surface area contributed by atoms with E-state index < -0.39 is 11.9 Å². The Hall–Kier alpha value is -2.92. The minimum absolute atomic E-state index is 0.0477. The Bertz CT molecular complexity index is 925. The summed E-state index contributed by atoms with van der Waals surface area (Å²) >= 11 is 6.15. The summed E-state index contributed by atoms with van der Waals surface area (Å²) in [6.07, 6.45) is 2.53. The maximum Gasteiger partial charge on any atom is 0.338 e. The Morgan fingerprint density at radius 2 is 1.74 bits per heavy atom. The monoisotopic (exact) mass is 326 g/mol. The van der Waals surface area contributed by atoms with Crippen LogP contribution < -0.4 is 5.32 Å². The highest BCUT2D eigenvalue weighted by Crippen LogP contribution is 2.30. The fraction of sp³-hybridized carbons (Fsp3) is 0. The third kappa shape index (κ3) is 2.86. The van der Waals surface area contributed by atoms with Crippen molar-refractivity contribution in [3.05, 3.63) is 71.0 Å². The van der Waals surface area contributed by atoms with E-state index in [-0.39, 0.29) is 11.1 Å². The van der Waals surface area contributed by atoms with Gasteiger partial charge < -0.3 is 10.4 Å². The molecule has 3 rings (SSSR count). The lowest BCUT2D eigenvalue weighted by Crippen LogP contribution is -2.16. The maximum absolute atomic E-state index is 12.4. The third-order valence-electron chi connectivity index (χ3n) is 3.42. The zero-order valence-electron chi connectivity index (χ0n) is 11.8. The average Bonchev–Trinajstić information content (AvgIpc) is 2.57. The summed E-state index contributed by atoms with van der Waals surface area (Å²) < 4.78 is 0. The highest BCUT2D eigenvalue weighted by atomic mass is 35.5. The molecule has 0 bridgehead atoms. The highest BCUT2D eigenvalue weighted by molar-refractivity contribution is 6.36. The van der Waals surface area contributed by atoms with Crippen LogP contribution in [0.15, 0.2) is 54.9 Å². The molecule has 0 unspecified atom stereocenters. The van der Waals surface area contributed by atoms with Crippen LogP contribution >= 0.6 is 11.6 Å². The number of carbonyl (C=O) groups excluding carboxylic acids is 1. The van der Waals surface area contributed by atoms with Crippen molar-refractivity contribution in [3.8, 4) is 0 Å². The second-order valence-corrected chi connectivity index (χ2v) is 5.23. The smallest absolute Gasteiger partial charge is 0.338 e. The number of amides is 1. The van der Waals surface area contributed by atoms with Gasteiger partial charge in [0.2, 0.25) is 0 Å². The van der Waals surface area contributed by atoms with Gasteiger partial charge in [0.25, 0.3) is 5.91 Å². The summed E-state index contributed by atoms with van der Waals surface area (Å²) in [5.41, 5.74) is 0.456. The van der Waals surface area contributed by atoms with Gasteiger partial charge in [0.15, 0.2) is 0 Å². The van der Waals surface area contributed by atoms with Crippen LogP contribution in [0.1, 0.15) is 20.7 Å². The summed E-state index contributed by atoms with van der Waals surface area (Å²) in [6, 6.07) is 12.1. The van der Waals surface area contributed by atoms with Crippen LogP contribution in [-0.2, 0) is 0 Å². The average molecular weight is 327 g/mol. The lowest BCUT2D eigenvalue weighted by atomic mass is 10.1. The first kappa shape index (κ1) is 15.0. The minimum Gasteiger partial charge on any atom is -0.478 e. The number of fused-ring (bicyclic) bond motifs is 1. The van der Waals surface area contributed by atoms with E-state index in [0.29, 0.717) is 10.7 Å². The number of pyridine rings is 1. The standard InChI is InChI=1S/C17H11ClN2O3/c18-14-5-6-15(11-4-2-1-3-10(11)14)20-16(21)12-7-8-19-9-13(12)17(22)23/h1-9H,(H,20,21)(H,22,23). The predicted molar refractivity (Wildman–Crippen MR) is 88.1 cm³/mol. The van der Waals surface area contributed by atoms with Crippen molar-refractivity contribution >= 4 is 39.9 Å². The van der Waals surface area contributed by atoms with Crippen LogP contribution in [0.3, 0.4) is 0 Å². The Morgan fingerprint density at radius 1 is 1.00 bits per heavy atom. The van der Waals surface area contributed by atoms with Crippen molar-refractivity contribution in [2.45, 2.75) is 0 Å². The van der Waals surface area contributed by atoms with Gasteiger partial charge in [-0.15, -0.1) is 0 Å². The van der Waals surface area contributed by atoms with Crippen molar-refractivity contribution < 1.29 is 14.7 Å². The number of hydrogen-bond acceptors (Lipinski definition) is 3. The molecule has 0 aliphatic rings. The van der Waals surface area contributed by atoms with Gasteiger partial charge in [0.1, 0.15) is 0 Å². The molecule has 0 aliphatic heterocycles. The molecule has 1 amide bonds. The lowest BCUT2D eigenvalue weighted by Gasteiger charge is -2.11. The molecule has 2 aromatic carbocycles. The molecule has 0 radical (unpaired) electrons. The van der Waals surface area contributed by atoms with Crippen LogP contribution in [0.5, 0.6) is 0 Å². The molecule has 6 heteroatoms. The number of carboxylic acid groups (broad SMARTS) is 1. The van der Waals surface area contributed by atoms with Gasteiger partial charge in [0.05, 0.1) is 11.1 Å². The summed E-state index contributed by atoms with van der Waals surface area (Å²) in [5, 5.41) is 14.0. The largest absolute Gasteiger partial charge is 0.478 e. The number of hydrogen-bond donors (Lipinski definition) is 2. The second-order valence-electron chi connectivity index (χ2n) is 4.82. The number of aromatic carboxylic acids is 1. The van der Waals surface area contributed by atoms with Gasteiger partial charge >= 0.3 is 5.97 Å². The van der Waals surface area contributed by atoms with Gasteiger partial charge in [-0.25, -0.2) is 4.79 Å². The van der Waals surface area contributed by atoms with E-state index in [9.17, 15) is 9.59 Å². The van der Waals surface area contributed by atoms with Crippen LogP contribution in [-0.4, -0.2) is 22.0 Å². The minimum atomic E-state index is -1.20. The molecule has 0 saturated carbocycles. The Morgan fingerprint density at radius 3 is 2.48 bits per heavy atom. The van der Waals surface area contributed by atoms with E-state index >= 15 is 0 Å². The molecular weight excluding hydrogens is 316 g/mol. The quantitative estimate of drug-likeness (QED) is 0.766. The van der Waals surface area contributed by atoms with E-state index in [4.69, 9.17) is 16.7 Å². The molecule has 0 spiro atoms. The number of carbonyl (C=O) groups is 2. The van der Waals surface area contributed by atoms with Crippen molar-refractivity contribution in [3.63, 3.8) is 0 Å². The van der Waals surface area contributed by atoms with Crippen molar-refractivity contribution in [1.29, 1.82) is 0 Å². The van der Waals surface area contributed by atoms with E-state index in [1.165, 1.54) is 12.3 Å². The summed E-state index contributed by atoms with van der Waals surface area (Å²) in [5.74, 6) is -1.72. The van der Waals surface area contributed by atoms with Gasteiger partial charge in [-0.05, 0) is 18.2 Å². The van der Waals surface area contributed by atoms with Crippen molar-refractivity contribution in [2.75, 3.05) is 5.32 Å². The molecule has 0 atom stereocenters. The highest BCUT2D eigenvalue weighted by Gasteiger charge is 2.17. The van der Waals surface area contributed by atoms with E-state index in [1.54, 1.807) is 12.1 Å². The topological polar surface area (TPSA) is 79.3 Å². The fourth-order valence-electron chi connectivity index (χ4n) is 2.32. The molecule has 114 valence electrons. The molecule has 1 heterocycles. The molecule has 2 N–H and O–H groups in total. The summed E-state index contributed by atoms with van der Waals surface area (Å²) in [7, 11) is 0. The summed E-state index contributed by atoms with van der Waals surface area (Å²) in [6.45, 7) is 0. The van der Waals surface area contributed by atoms with Crippen LogP contribution in [0.25, 0.3) is 10.8 Å². The van der Waals surface area contributed by atoms with Crippen LogP contribution in [0, 0.1) is 0 Å². The zero-order valence-corrected chi connectivity index (χ0v) is 12.5. The number of nitrogens with zero attached hydrogens (tertiary/aromatic N) is 1. The number of nitrogens with one attached hydrogen (secondary N) is 1. The number of benzene rings is 2. The van der Waals surface area contributed by atoms with E-state index in [1.807, 2.05) is 24.3 Å². The Kier molecular flexibility index (Phi) is 3.95. The van der Waals surface area contributed by atoms with Crippen LogP contribution in [0.2, 0.25) is 5.02 Å². The molecule has 0 aliphatic carbocycles. The van der Waals surface area contributed by atoms with Gasteiger partial charge in [-0.1, -0.05) is 35.9 Å². The Balaban J connectivity index is 2.02. The molecular formula is C17H11ClN2O3. The predicted octanol–water partition coefficient (Wildman–Crippen LogP) is 3.84. The first-order valence-corrected chi connectivity index (χ1v) is 7.11. The molecule has 3 aromatic rings. The van der Waals surface area contributed by atoms with Crippen molar-refractivity contribution in [1.82, 2.24) is 4.98 Å². The second kappa shape index (κ2) is 6.06. The first-order chi connectivity index (χ1) is 11.1. The molecule has 1 aromatic heterocycles. The summed E-state index contributed by atoms with van der Waals surface area (Å²) in [4.78, 5) is 27.4. The third-order valence-corrected chi connectivity index (χ3v) is 3.74. The maximum atomic E-state index is 12.4. The van der Waals surface area contributed by atoms with Crippen LogP contribution in [0.4, 0.5) is 5.69 Å². The normalized spacial score (nSPS) is 10.5. The number of anilines is 1. The zero-order chi connectivity index (χ0) is 16.4. The molecule has 23 heavy (non-hydrogen) atoms. The van der Waals surface area contributed by atoms with Gasteiger partial charge in [0, 0.05) is 33.9 Å². The van der Waals surface area contributed by atoms with Crippen molar-refractivity contribution in [2.24, 2.45) is 0 Å². The first-order valence-electron chi connectivity index (χ1n) is 6.74. The molecule has 0 fully saturated rings. The number of rotatable bonds is 3. The van der Waals surface area contributed by atoms with Gasteiger partial charge in [-0.3, -0.25) is 9.78 Å². The van der Waals surface area contributed by atoms with Gasteiger partial charge in [-0.2, -0.15) is 0 Å². The number of aromatic nitrogens is 1. The molecule has 5 nitrogen and oxygen atoms in total. The molecule has 0 saturated heterocycles. The van der Waals surface area contributed by atoms with E-state index in [0.717, 1.165) is 17.0 Å².